The van der Waals surface area contributed by atoms with Crippen LogP contribution in [0, 0.1) is 11.6 Å². The van der Waals surface area contributed by atoms with Gasteiger partial charge in [-0.25, -0.2) is 8.78 Å². The van der Waals surface area contributed by atoms with Gasteiger partial charge in [-0.1, -0.05) is 25.4 Å². The normalized spacial score (nSPS) is 10.9. The number of hydrogen-bond donors (Lipinski definition) is 0. The molecule has 2 nitrogen and oxygen atoms in total. The van der Waals surface area contributed by atoms with Crippen LogP contribution in [0.2, 0.25) is 5.02 Å². The minimum atomic E-state index is -0.827. The van der Waals surface area contributed by atoms with Gasteiger partial charge in [0.2, 0.25) is 0 Å². The molecule has 0 bridgehead atoms. The summed E-state index contributed by atoms with van der Waals surface area (Å²) in [6.45, 7) is 4.15. The molecule has 0 aliphatic heterocycles. The summed E-state index contributed by atoms with van der Waals surface area (Å²) in [7, 11) is 0. The van der Waals surface area contributed by atoms with Crippen molar-refractivity contribution in [3.8, 4) is 0 Å². The highest BCUT2D eigenvalue weighted by Crippen LogP contribution is 2.22. The lowest BCUT2D eigenvalue weighted by atomic mass is 10.1. The molecule has 1 aromatic carbocycles. The van der Waals surface area contributed by atoms with E-state index in [2.05, 4.69) is 0 Å². The summed E-state index contributed by atoms with van der Waals surface area (Å²) in [4.78, 5) is 13.9. The maximum Gasteiger partial charge on any atom is 0.257 e. The van der Waals surface area contributed by atoms with Crippen molar-refractivity contribution in [3.05, 3.63) is 34.4 Å². The molecule has 0 aliphatic carbocycles. The second-order valence-corrected chi connectivity index (χ2v) is 5.19. The molecule has 1 amide bonds. The molecular weight excluding hydrogens is 307 g/mol. The minimum Gasteiger partial charge on any atom is -0.334 e. The maximum atomic E-state index is 13.8. The van der Waals surface area contributed by atoms with Crippen molar-refractivity contribution in [2.75, 3.05) is 12.4 Å². The summed E-state index contributed by atoms with van der Waals surface area (Å²) in [6, 6.07) is 1.60. The van der Waals surface area contributed by atoms with Gasteiger partial charge in [0.05, 0.1) is 10.6 Å². The van der Waals surface area contributed by atoms with Crippen LogP contribution in [0.4, 0.5) is 8.78 Å². The number of alkyl halides is 1. The molecular formula is C14H17Cl2F2NO. The predicted octanol–water partition coefficient (Wildman–Crippen LogP) is 4.49. The Morgan fingerprint density at radius 1 is 1.25 bits per heavy atom. The van der Waals surface area contributed by atoms with Gasteiger partial charge in [-0.05, 0) is 25.0 Å². The van der Waals surface area contributed by atoms with Crippen LogP contribution in [-0.2, 0) is 0 Å². The standard InChI is InChI=1S/C14H17Cl2F2NO/c1-3-9(4-2)19(6-5-15)14(20)10-7-13(18)11(16)8-12(10)17/h7-9H,3-6H2,1-2H3. The van der Waals surface area contributed by atoms with Crippen LogP contribution in [0.1, 0.15) is 37.0 Å². The number of benzene rings is 1. The molecule has 0 aromatic heterocycles. The monoisotopic (exact) mass is 323 g/mol. The van der Waals surface area contributed by atoms with Gasteiger partial charge < -0.3 is 4.90 Å². The van der Waals surface area contributed by atoms with E-state index in [0.717, 1.165) is 25.0 Å². The quantitative estimate of drug-likeness (QED) is 0.558. The molecule has 0 atom stereocenters. The van der Waals surface area contributed by atoms with Crippen molar-refractivity contribution in [3.63, 3.8) is 0 Å². The molecule has 1 rings (SSSR count). The van der Waals surface area contributed by atoms with Gasteiger partial charge in [-0.3, -0.25) is 4.79 Å². The zero-order chi connectivity index (χ0) is 15.3. The Bertz CT molecular complexity index is 478. The number of carbonyl (C=O) groups is 1. The SMILES string of the molecule is CCC(CC)N(CCCl)C(=O)c1cc(F)c(Cl)cc1F. The summed E-state index contributed by atoms with van der Waals surface area (Å²) in [5.74, 6) is -1.97. The number of rotatable bonds is 6. The number of nitrogens with zero attached hydrogens (tertiary/aromatic N) is 1. The molecule has 0 saturated heterocycles. The van der Waals surface area contributed by atoms with E-state index in [1.54, 1.807) is 0 Å². The highest BCUT2D eigenvalue weighted by Gasteiger charge is 2.25. The van der Waals surface area contributed by atoms with E-state index < -0.39 is 17.5 Å². The first-order valence-electron chi connectivity index (χ1n) is 6.47. The highest BCUT2D eigenvalue weighted by molar-refractivity contribution is 6.30. The molecule has 0 unspecified atom stereocenters. The van der Waals surface area contributed by atoms with Gasteiger partial charge >= 0.3 is 0 Å². The Kier molecular flexibility index (Phi) is 6.69. The van der Waals surface area contributed by atoms with E-state index in [1.807, 2.05) is 13.8 Å². The third kappa shape index (κ3) is 3.83. The molecule has 0 aliphatic rings. The van der Waals surface area contributed by atoms with Crippen LogP contribution in [0.15, 0.2) is 12.1 Å². The topological polar surface area (TPSA) is 20.3 Å². The molecule has 0 spiro atoms. The number of halogens is 4. The Hall–Kier alpha value is -0.870. The Labute approximate surface area is 127 Å². The maximum absolute atomic E-state index is 13.8. The van der Waals surface area contributed by atoms with Crippen LogP contribution in [0.5, 0.6) is 0 Å². The predicted molar refractivity (Wildman–Crippen MR) is 77.5 cm³/mol. The van der Waals surface area contributed by atoms with Crippen molar-refractivity contribution in [1.29, 1.82) is 0 Å². The molecule has 0 fully saturated rings. The van der Waals surface area contributed by atoms with Crippen molar-refractivity contribution in [2.24, 2.45) is 0 Å². The van der Waals surface area contributed by atoms with E-state index in [0.29, 0.717) is 0 Å². The Morgan fingerprint density at radius 2 is 1.85 bits per heavy atom. The summed E-state index contributed by atoms with van der Waals surface area (Å²) in [5, 5.41) is -0.342. The molecule has 6 heteroatoms. The second kappa shape index (κ2) is 7.79. The summed E-state index contributed by atoms with van der Waals surface area (Å²) in [5.41, 5.74) is -0.316. The van der Waals surface area contributed by atoms with Crippen LogP contribution >= 0.6 is 23.2 Å². The summed E-state index contributed by atoms with van der Waals surface area (Å²) in [6.07, 6.45) is 1.44. The van der Waals surface area contributed by atoms with E-state index in [-0.39, 0.29) is 29.1 Å². The summed E-state index contributed by atoms with van der Waals surface area (Å²) >= 11 is 11.2. The van der Waals surface area contributed by atoms with Crippen molar-refractivity contribution in [2.45, 2.75) is 32.7 Å². The van der Waals surface area contributed by atoms with E-state index in [1.165, 1.54) is 4.90 Å². The zero-order valence-corrected chi connectivity index (χ0v) is 12.9. The van der Waals surface area contributed by atoms with Crippen molar-refractivity contribution < 1.29 is 13.6 Å². The molecule has 0 heterocycles. The lowest BCUT2D eigenvalue weighted by molar-refractivity contribution is 0.0676. The van der Waals surface area contributed by atoms with E-state index in [4.69, 9.17) is 23.2 Å². The van der Waals surface area contributed by atoms with Gasteiger partial charge in [0, 0.05) is 18.5 Å². The molecule has 1 aromatic rings. The lowest BCUT2D eigenvalue weighted by Gasteiger charge is -2.30. The minimum absolute atomic E-state index is 0.0561. The first kappa shape index (κ1) is 17.2. The fourth-order valence-electron chi connectivity index (χ4n) is 2.11. The highest BCUT2D eigenvalue weighted by atomic mass is 35.5. The van der Waals surface area contributed by atoms with E-state index in [9.17, 15) is 13.6 Å². The smallest absolute Gasteiger partial charge is 0.257 e. The largest absolute Gasteiger partial charge is 0.334 e. The lowest BCUT2D eigenvalue weighted by Crippen LogP contribution is -2.41. The number of hydrogen-bond acceptors (Lipinski definition) is 1. The first-order chi connectivity index (χ1) is 9.46. The molecule has 0 saturated carbocycles. The van der Waals surface area contributed by atoms with Crippen LogP contribution < -0.4 is 0 Å². The molecule has 0 radical (unpaired) electrons. The Balaban J connectivity index is 3.15. The van der Waals surface area contributed by atoms with Gasteiger partial charge in [0.1, 0.15) is 11.6 Å². The number of carbonyl (C=O) groups excluding carboxylic acids is 1. The third-order valence-corrected chi connectivity index (χ3v) is 3.67. The zero-order valence-electron chi connectivity index (χ0n) is 11.4. The third-order valence-electron chi connectivity index (χ3n) is 3.21. The fourth-order valence-corrected chi connectivity index (χ4v) is 2.44. The molecule has 0 N–H and O–H groups in total. The van der Waals surface area contributed by atoms with Crippen molar-refractivity contribution in [1.82, 2.24) is 4.90 Å². The van der Waals surface area contributed by atoms with Gasteiger partial charge in [-0.15, -0.1) is 11.6 Å². The number of amides is 1. The average Bonchev–Trinajstić information content (AvgIpc) is 2.42. The van der Waals surface area contributed by atoms with Crippen LogP contribution in [-0.4, -0.2) is 29.3 Å². The van der Waals surface area contributed by atoms with E-state index >= 15 is 0 Å². The average molecular weight is 324 g/mol. The second-order valence-electron chi connectivity index (χ2n) is 4.40. The van der Waals surface area contributed by atoms with Crippen molar-refractivity contribution >= 4 is 29.1 Å². The first-order valence-corrected chi connectivity index (χ1v) is 7.38. The summed E-state index contributed by atoms with van der Waals surface area (Å²) < 4.78 is 27.3. The van der Waals surface area contributed by atoms with Gasteiger partial charge in [-0.2, -0.15) is 0 Å². The molecule has 20 heavy (non-hydrogen) atoms. The Morgan fingerprint density at radius 3 is 2.35 bits per heavy atom. The van der Waals surface area contributed by atoms with Gasteiger partial charge in [0.25, 0.3) is 5.91 Å². The molecule has 112 valence electrons. The van der Waals surface area contributed by atoms with Crippen LogP contribution in [0.3, 0.4) is 0 Å². The van der Waals surface area contributed by atoms with Crippen LogP contribution in [0.25, 0.3) is 0 Å². The fraction of sp³-hybridized carbons (Fsp3) is 0.500. The van der Waals surface area contributed by atoms with Gasteiger partial charge in [0.15, 0.2) is 0 Å².